The Morgan fingerprint density at radius 1 is 1.05 bits per heavy atom. The van der Waals surface area contributed by atoms with Gasteiger partial charge in [0.1, 0.15) is 0 Å². The molecular weight excluding hydrogens is 264 g/mol. The van der Waals surface area contributed by atoms with Gasteiger partial charge in [0.15, 0.2) is 11.2 Å². The Bertz CT molecular complexity index is 277. The van der Waals surface area contributed by atoms with Gasteiger partial charge < -0.3 is 14.6 Å². The summed E-state index contributed by atoms with van der Waals surface area (Å²) in [6, 6.07) is 0. The van der Waals surface area contributed by atoms with Crippen molar-refractivity contribution in [1.82, 2.24) is 0 Å². The van der Waals surface area contributed by atoms with E-state index in [9.17, 15) is 9.90 Å². The van der Waals surface area contributed by atoms with Gasteiger partial charge in [-0.25, -0.2) is 4.79 Å². The molecule has 0 aliphatic rings. The van der Waals surface area contributed by atoms with Crippen molar-refractivity contribution in [1.29, 1.82) is 0 Å². The number of hydrogen-bond donors (Lipinski definition) is 1. The summed E-state index contributed by atoms with van der Waals surface area (Å²) in [5.41, 5.74) is 0. The van der Waals surface area contributed by atoms with Gasteiger partial charge in [0, 0.05) is 0 Å². The zero-order valence-corrected chi connectivity index (χ0v) is 13.2. The van der Waals surface area contributed by atoms with Crippen molar-refractivity contribution in [2.24, 2.45) is 11.8 Å². The van der Waals surface area contributed by atoms with E-state index in [4.69, 9.17) is 21.7 Å². The van der Waals surface area contributed by atoms with E-state index in [-0.39, 0.29) is 11.5 Å². The fourth-order valence-electron chi connectivity index (χ4n) is 1.20. The van der Waals surface area contributed by atoms with Crippen LogP contribution in [0.25, 0.3) is 0 Å². The molecule has 0 saturated heterocycles. The van der Waals surface area contributed by atoms with Crippen molar-refractivity contribution in [3.8, 4) is 0 Å². The second-order valence-electron chi connectivity index (χ2n) is 5.47. The quantitative estimate of drug-likeness (QED) is 0.522. The van der Waals surface area contributed by atoms with Crippen LogP contribution in [0.5, 0.6) is 0 Å². The molecule has 4 nitrogen and oxygen atoms in total. The van der Waals surface area contributed by atoms with Gasteiger partial charge >= 0.3 is 5.97 Å². The van der Waals surface area contributed by atoms with Crippen molar-refractivity contribution < 1.29 is 19.4 Å². The van der Waals surface area contributed by atoms with Crippen molar-refractivity contribution >= 4 is 23.2 Å². The van der Waals surface area contributed by atoms with Crippen molar-refractivity contribution in [2.45, 2.75) is 53.1 Å². The van der Waals surface area contributed by atoms with Crippen LogP contribution < -0.4 is 0 Å². The van der Waals surface area contributed by atoms with E-state index >= 15 is 0 Å². The lowest BCUT2D eigenvalue weighted by molar-refractivity contribution is -0.153. The van der Waals surface area contributed by atoms with Crippen LogP contribution in [-0.2, 0) is 14.3 Å². The number of thiocarbonyl (C=S) groups is 1. The van der Waals surface area contributed by atoms with Gasteiger partial charge in [-0.1, -0.05) is 27.7 Å². The van der Waals surface area contributed by atoms with E-state index in [0.29, 0.717) is 25.0 Å². The Balaban J connectivity index is 3.78. The number of rotatable bonds is 9. The van der Waals surface area contributed by atoms with E-state index in [0.717, 1.165) is 12.8 Å². The Kier molecular flexibility index (Phi) is 9.79. The summed E-state index contributed by atoms with van der Waals surface area (Å²) < 4.78 is 10.2. The normalized spacial score (nSPS) is 12.6. The molecule has 0 fully saturated rings. The number of carbonyl (C=O) groups is 1. The van der Waals surface area contributed by atoms with Crippen LogP contribution in [0.3, 0.4) is 0 Å². The lowest BCUT2D eigenvalue weighted by Crippen LogP contribution is -2.27. The molecule has 0 aliphatic heterocycles. The van der Waals surface area contributed by atoms with Crippen LogP contribution in [0.1, 0.15) is 47.0 Å². The lowest BCUT2D eigenvalue weighted by atomic mass is 10.1. The maximum Gasteiger partial charge on any atom is 0.335 e. The molecule has 112 valence electrons. The van der Waals surface area contributed by atoms with Crippen molar-refractivity contribution in [3.05, 3.63) is 0 Å². The first kappa shape index (κ1) is 18.3. The summed E-state index contributed by atoms with van der Waals surface area (Å²) in [7, 11) is 0. The van der Waals surface area contributed by atoms with Crippen LogP contribution in [-0.4, -0.2) is 35.4 Å². The monoisotopic (exact) mass is 290 g/mol. The third-order valence-corrected chi connectivity index (χ3v) is 2.81. The number of ether oxygens (including phenoxy) is 2. The highest BCUT2D eigenvalue weighted by Gasteiger charge is 2.19. The largest absolute Gasteiger partial charge is 0.487 e. The molecule has 5 heteroatoms. The zero-order valence-electron chi connectivity index (χ0n) is 12.3. The Hall–Kier alpha value is -0.680. The molecular formula is C14H26O4S. The van der Waals surface area contributed by atoms with E-state index < -0.39 is 12.1 Å². The average Bonchev–Trinajstić information content (AvgIpc) is 2.27. The Labute approximate surface area is 121 Å². The molecule has 0 saturated carbocycles. The first-order valence-electron chi connectivity index (χ1n) is 6.83. The molecule has 0 aliphatic carbocycles. The van der Waals surface area contributed by atoms with Gasteiger partial charge in [-0.05, 0) is 36.9 Å². The minimum atomic E-state index is -1.22. The van der Waals surface area contributed by atoms with Gasteiger partial charge in [0.25, 0.3) is 0 Å². The summed E-state index contributed by atoms with van der Waals surface area (Å²) in [5.74, 6) is 0.370. The zero-order chi connectivity index (χ0) is 14.8. The standard InChI is InChI=1S/C14H26O4S/c1-10(2)5-7-17-13(19)9-12(15)14(16)18-8-6-11(3)4/h10-12,15H,5-9H2,1-4H3. The second kappa shape index (κ2) is 10.1. The first-order chi connectivity index (χ1) is 8.82. The van der Waals surface area contributed by atoms with Gasteiger partial charge in [0.05, 0.1) is 19.6 Å². The maximum atomic E-state index is 11.5. The lowest BCUT2D eigenvalue weighted by Gasteiger charge is -2.13. The fourth-order valence-corrected chi connectivity index (χ4v) is 1.44. The molecule has 1 N–H and O–H groups in total. The number of aliphatic hydroxyl groups excluding tert-OH is 1. The smallest absolute Gasteiger partial charge is 0.335 e. The van der Waals surface area contributed by atoms with Gasteiger partial charge in [-0.2, -0.15) is 0 Å². The van der Waals surface area contributed by atoms with Gasteiger partial charge in [0.2, 0.25) is 0 Å². The van der Waals surface area contributed by atoms with E-state index in [1.165, 1.54) is 0 Å². The minimum absolute atomic E-state index is 0.0218. The summed E-state index contributed by atoms with van der Waals surface area (Å²) in [4.78, 5) is 11.5. The number of esters is 1. The summed E-state index contributed by atoms with van der Waals surface area (Å²) in [6.07, 6.45) is 0.482. The van der Waals surface area contributed by atoms with Crippen molar-refractivity contribution in [2.75, 3.05) is 13.2 Å². The highest BCUT2D eigenvalue weighted by atomic mass is 32.1. The minimum Gasteiger partial charge on any atom is -0.487 e. The van der Waals surface area contributed by atoms with E-state index in [2.05, 4.69) is 13.8 Å². The molecule has 0 radical (unpaired) electrons. The van der Waals surface area contributed by atoms with Crippen LogP contribution in [0, 0.1) is 11.8 Å². The molecule has 1 unspecified atom stereocenters. The number of aliphatic hydroxyl groups is 1. The third-order valence-electron chi connectivity index (χ3n) is 2.53. The molecule has 0 aromatic heterocycles. The topological polar surface area (TPSA) is 55.8 Å². The van der Waals surface area contributed by atoms with Crippen LogP contribution >= 0.6 is 12.2 Å². The molecule has 19 heavy (non-hydrogen) atoms. The average molecular weight is 290 g/mol. The Morgan fingerprint density at radius 2 is 1.53 bits per heavy atom. The summed E-state index contributed by atoms with van der Waals surface area (Å²) in [6.45, 7) is 9.12. The van der Waals surface area contributed by atoms with Gasteiger partial charge in [-0.15, -0.1) is 0 Å². The van der Waals surface area contributed by atoms with Crippen LogP contribution in [0.15, 0.2) is 0 Å². The number of carbonyl (C=O) groups excluding carboxylic acids is 1. The third kappa shape index (κ3) is 10.9. The second-order valence-corrected chi connectivity index (χ2v) is 5.93. The Morgan fingerprint density at radius 3 is 2.00 bits per heavy atom. The molecule has 0 heterocycles. The molecule has 0 aromatic carbocycles. The first-order valence-corrected chi connectivity index (χ1v) is 7.24. The molecule has 1 atom stereocenters. The number of hydrogen-bond acceptors (Lipinski definition) is 5. The van der Waals surface area contributed by atoms with Crippen molar-refractivity contribution in [3.63, 3.8) is 0 Å². The fraction of sp³-hybridized carbons (Fsp3) is 0.857. The SMILES string of the molecule is CC(C)CCOC(=O)C(O)CC(=S)OCCC(C)C. The molecule has 0 rings (SSSR count). The molecule has 0 amide bonds. The summed E-state index contributed by atoms with van der Waals surface area (Å²) in [5, 5.41) is 9.88. The van der Waals surface area contributed by atoms with Crippen LogP contribution in [0.2, 0.25) is 0 Å². The van der Waals surface area contributed by atoms with E-state index in [1.807, 2.05) is 13.8 Å². The molecule has 0 bridgehead atoms. The molecule has 0 spiro atoms. The van der Waals surface area contributed by atoms with E-state index in [1.54, 1.807) is 0 Å². The highest BCUT2D eigenvalue weighted by molar-refractivity contribution is 7.80. The van der Waals surface area contributed by atoms with Gasteiger partial charge in [-0.3, -0.25) is 0 Å². The highest BCUT2D eigenvalue weighted by Crippen LogP contribution is 2.05. The predicted octanol–water partition coefficient (Wildman–Crippen LogP) is 2.72. The maximum absolute atomic E-state index is 11.5. The molecule has 0 aromatic rings. The summed E-state index contributed by atoms with van der Waals surface area (Å²) >= 11 is 4.97. The van der Waals surface area contributed by atoms with Crippen LogP contribution in [0.4, 0.5) is 0 Å². The predicted molar refractivity (Wildman–Crippen MR) is 79.0 cm³/mol.